The van der Waals surface area contributed by atoms with Gasteiger partial charge in [-0.05, 0) is 44.4 Å². The lowest BCUT2D eigenvalue weighted by atomic mass is 10.0. The maximum absolute atomic E-state index is 12.3. The average Bonchev–Trinajstić information content (AvgIpc) is 2.98. The first-order valence-electron chi connectivity index (χ1n) is 8.58. The van der Waals surface area contributed by atoms with Crippen molar-refractivity contribution in [1.82, 2.24) is 19.8 Å². The highest BCUT2D eigenvalue weighted by Crippen LogP contribution is 2.17. The van der Waals surface area contributed by atoms with Gasteiger partial charge in [-0.3, -0.25) is 9.69 Å². The van der Waals surface area contributed by atoms with Crippen molar-refractivity contribution in [3.8, 4) is 0 Å². The Labute approximate surface area is 143 Å². The molecule has 5 heteroatoms. The molecule has 1 unspecified atom stereocenters. The van der Waals surface area contributed by atoms with Gasteiger partial charge in [-0.15, -0.1) is 0 Å². The molecule has 1 aromatic carbocycles. The van der Waals surface area contributed by atoms with Gasteiger partial charge in [-0.25, -0.2) is 4.98 Å². The molecule has 0 saturated carbocycles. The van der Waals surface area contributed by atoms with E-state index in [-0.39, 0.29) is 11.9 Å². The fraction of sp³-hybridized carbons (Fsp3) is 0.474. The van der Waals surface area contributed by atoms with Crippen LogP contribution < -0.4 is 5.32 Å². The van der Waals surface area contributed by atoms with Crippen molar-refractivity contribution in [2.24, 2.45) is 7.05 Å². The zero-order valence-corrected chi connectivity index (χ0v) is 14.7. The second-order valence-electron chi connectivity index (χ2n) is 6.90. The van der Waals surface area contributed by atoms with E-state index in [0.717, 1.165) is 32.5 Å². The molecule has 0 radical (unpaired) electrons. The summed E-state index contributed by atoms with van der Waals surface area (Å²) < 4.78 is 1.79. The number of carbonyl (C=O) groups excluding carboxylic acids is 1. The molecule has 1 aliphatic heterocycles. The summed E-state index contributed by atoms with van der Waals surface area (Å²) in [5.41, 5.74) is 4.50. The van der Waals surface area contributed by atoms with Crippen LogP contribution in [0.3, 0.4) is 0 Å². The molecule has 0 aliphatic carbocycles. The largest absolute Gasteiger partial charge is 0.347 e. The van der Waals surface area contributed by atoms with Crippen LogP contribution >= 0.6 is 0 Å². The van der Waals surface area contributed by atoms with Gasteiger partial charge in [0.25, 0.3) is 5.91 Å². The molecule has 2 heterocycles. The number of hydrogen-bond donors (Lipinski definition) is 1. The van der Waals surface area contributed by atoms with Crippen molar-refractivity contribution in [3.05, 3.63) is 53.1 Å². The molecular formula is C19H26N4O. The molecule has 5 nitrogen and oxygen atoms in total. The van der Waals surface area contributed by atoms with Crippen molar-refractivity contribution in [2.75, 3.05) is 13.1 Å². The lowest BCUT2D eigenvalue weighted by Crippen LogP contribution is -2.47. The van der Waals surface area contributed by atoms with Gasteiger partial charge in [0.2, 0.25) is 0 Å². The van der Waals surface area contributed by atoms with E-state index in [0.29, 0.717) is 5.69 Å². The summed E-state index contributed by atoms with van der Waals surface area (Å²) in [6, 6.07) is 6.81. The first kappa shape index (κ1) is 16.7. The van der Waals surface area contributed by atoms with E-state index < -0.39 is 0 Å². The van der Waals surface area contributed by atoms with Gasteiger partial charge in [0.1, 0.15) is 5.69 Å². The van der Waals surface area contributed by atoms with Crippen LogP contribution in [0.2, 0.25) is 0 Å². The van der Waals surface area contributed by atoms with E-state index in [2.05, 4.69) is 47.2 Å². The number of aromatic nitrogens is 2. The number of benzene rings is 1. The lowest BCUT2D eigenvalue weighted by molar-refractivity contribution is 0.0896. The average molecular weight is 326 g/mol. The van der Waals surface area contributed by atoms with Gasteiger partial charge in [0, 0.05) is 32.4 Å². The second kappa shape index (κ2) is 7.18. The minimum absolute atomic E-state index is 0.0748. The number of rotatable bonds is 4. The third-order valence-corrected chi connectivity index (χ3v) is 4.68. The number of nitrogens with one attached hydrogen (secondary N) is 1. The van der Waals surface area contributed by atoms with Gasteiger partial charge in [0.05, 0.1) is 6.33 Å². The molecule has 0 bridgehead atoms. The van der Waals surface area contributed by atoms with Gasteiger partial charge in [0.15, 0.2) is 0 Å². The summed E-state index contributed by atoms with van der Waals surface area (Å²) in [5, 5.41) is 3.13. The summed E-state index contributed by atoms with van der Waals surface area (Å²) in [5.74, 6) is -0.0748. The Morgan fingerprint density at radius 3 is 2.96 bits per heavy atom. The van der Waals surface area contributed by atoms with Crippen molar-refractivity contribution in [2.45, 2.75) is 39.3 Å². The van der Waals surface area contributed by atoms with Gasteiger partial charge in [-0.2, -0.15) is 0 Å². The molecule has 1 N–H and O–H groups in total. The second-order valence-corrected chi connectivity index (χ2v) is 6.90. The minimum Gasteiger partial charge on any atom is -0.347 e. The van der Waals surface area contributed by atoms with Gasteiger partial charge < -0.3 is 9.88 Å². The SMILES string of the molecule is Cc1ccc(C)c(CN2CCCC(NC(=O)c3cn(C)cn3)C2)c1. The minimum atomic E-state index is -0.0748. The van der Waals surface area contributed by atoms with Crippen molar-refractivity contribution in [1.29, 1.82) is 0 Å². The van der Waals surface area contributed by atoms with Crippen molar-refractivity contribution >= 4 is 5.91 Å². The Bertz CT molecular complexity index is 722. The number of hydrogen-bond acceptors (Lipinski definition) is 3. The van der Waals surface area contributed by atoms with Crippen LogP contribution in [0.5, 0.6) is 0 Å². The zero-order valence-electron chi connectivity index (χ0n) is 14.7. The van der Waals surface area contributed by atoms with E-state index >= 15 is 0 Å². The monoisotopic (exact) mass is 326 g/mol. The first-order valence-corrected chi connectivity index (χ1v) is 8.58. The van der Waals surface area contributed by atoms with Crippen molar-refractivity contribution < 1.29 is 4.79 Å². The summed E-state index contributed by atoms with van der Waals surface area (Å²) in [6.07, 6.45) is 5.55. The summed E-state index contributed by atoms with van der Waals surface area (Å²) in [6.45, 7) is 7.23. The number of amides is 1. The number of aryl methyl sites for hydroxylation is 3. The molecule has 1 aromatic heterocycles. The lowest BCUT2D eigenvalue weighted by Gasteiger charge is -2.33. The maximum atomic E-state index is 12.3. The molecule has 1 aliphatic rings. The highest BCUT2D eigenvalue weighted by Gasteiger charge is 2.23. The molecular weight excluding hydrogens is 300 g/mol. The fourth-order valence-corrected chi connectivity index (χ4v) is 3.32. The van der Waals surface area contributed by atoms with Crippen LogP contribution in [0.25, 0.3) is 0 Å². The number of piperidine rings is 1. The molecule has 1 amide bonds. The van der Waals surface area contributed by atoms with Crippen LogP contribution in [-0.2, 0) is 13.6 Å². The zero-order chi connectivity index (χ0) is 17.1. The number of nitrogens with zero attached hydrogens (tertiary/aromatic N) is 3. The highest BCUT2D eigenvalue weighted by atomic mass is 16.2. The van der Waals surface area contributed by atoms with Gasteiger partial charge in [-0.1, -0.05) is 23.8 Å². The predicted molar refractivity (Wildman–Crippen MR) is 94.9 cm³/mol. The van der Waals surface area contributed by atoms with Crippen molar-refractivity contribution in [3.63, 3.8) is 0 Å². The quantitative estimate of drug-likeness (QED) is 0.939. The third kappa shape index (κ3) is 4.03. The van der Waals surface area contributed by atoms with E-state index in [4.69, 9.17) is 0 Å². The summed E-state index contributed by atoms with van der Waals surface area (Å²) >= 11 is 0. The molecule has 1 fully saturated rings. The summed E-state index contributed by atoms with van der Waals surface area (Å²) in [4.78, 5) is 18.9. The maximum Gasteiger partial charge on any atom is 0.271 e. The number of carbonyl (C=O) groups is 1. The van der Waals surface area contributed by atoms with E-state index in [1.165, 1.54) is 16.7 Å². The molecule has 1 atom stereocenters. The first-order chi connectivity index (χ1) is 11.5. The standard InChI is InChI=1S/C19H26N4O/c1-14-6-7-15(2)16(9-14)10-23-8-4-5-17(11-23)21-19(24)18-12-22(3)13-20-18/h6-7,9,12-13,17H,4-5,8,10-11H2,1-3H3,(H,21,24). The van der Waals surface area contributed by atoms with Crippen LogP contribution in [0, 0.1) is 13.8 Å². The predicted octanol–water partition coefficient (Wildman–Crippen LogP) is 2.43. The number of likely N-dealkylation sites (tertiary alicyclic amines) is 1. The fourth-order valence-electron chi connectivity index (χ4n) is 3.32. The van der Waals surface area contributed by atoms with Gasteiger partial charge >= 0.3 is 0 Å². The van der Waals surface area contributed by atoms with Crippen LogP contribution in [0.4, 0.5) is 0 Å². The topological polar surface area (TPSA) is 50.2 Å². The Morgan fingerprint density at radius 1 is 1.38 bits per heavy atom. The van der Waals surface area contributed by atoms with E-state index in [1.54, 1.807) is 17.1 Å². The Balaban J connectivity index is 1.60. The third-order valence-electron chi connectivity index (χ3n) is 4.68. The number of imidazole rings is 1. The molecule has 2 aromatic rings. The summed E-state index contributed by atoms with van der Waals surface area (Å²) in [7, 11) is 1.87. The normalized spacial score (nSPS) is 18.5. The van der Waals surface area contributed by atoms with Crippen LogP contribution in [0.1, 0.15) is 40.0 Å². The van der Waals surface area contributed by atoms with E-state index in [9.17, 15) is 4.79 Å². The van der Waals surface area contributed by atoms with E-state index in [1.807, 2.05) is 7.05 Å². The Morgan fingerprint density at radius 2 is 2.21 bits per heavy atom. The Kier molecular flexibility index (Phi) is 5.00. The molecule has 3 rings (SSSR count). The molecule has 1 saturated heterocycles. The molecule has 24 heavy (non-hydrogen) atoms. The van der Waals surface area contributed by atoms with Crippen LogP contribution in [0.15, 0.2) is 30.7 Å². The highest BCUT2D eigenvalue weighted by molar-refractivity contribution is 5.92. The smallest absolute Gasteiger partial charge is 0.271 e. The molecule has 128 valence electrons. The Hall–Kier alpha value is -2.14. The van der Waals surface area contributed by atoms with Crippen LogP contribution in [-0.4, -0.2) is 39.5 Å². The molecule has 0 spiro atoms.